The second-order valence-corrected chi connectivity index (χ2v) is 5.60. The van der Waals surface area contributed by atoms with E-state index in [1.54, 1.807) is 0 Å². The Bertz CT molecular complexity index is 718. The maximum atomic E-state index is 6.14. The lowest BCUT2D eigenvalue weighted by molar-refractivity contribution is 0.591. The van der Waals surface area contributed by atoms with Gasteiger partial charge in [-0.25, -0.2) is 0 Å². The summed E-state index contributed by atoms with van der Waals surface area (Å²) in [5, 5.41) is 5.60. The molecule has 0 aliphatic heterocycles. The molecule has 3 heteroatoms. The highest BCUT2D eigenvalue weighted by atomic mass is 35.5. The molecule has 108 valence electrons. The van der Waals surface area contributed by atoms with Crippen LogP contribution in [0.25, 0.3) is 10.9 Å². The monoisotopic (exact) mass is 298 g/mol. The van der Waals surface area contributed by atoms with E-state index in [2.05, 4.69) is 52.5 Å². The van der Waals surface area contributed by atoms with Crippen molar-refractivity contribution in [2.24, 2.45) is 0 Å². The van der Waals surface area contributed by atoms with Gasteiger partial charge in [0.15, 0.2) is 0 Å². The number of nitrogens with zero attached hydrogens (tertiary/aromatic N) is 1. The second-order valence-electron chi connectivity index (χ2n) is 5.19. The van der Waals surface area contributed by atoms with Crippen LogP contribution >= 0.6 is 11.6 Å². The number of hydrogen-bond acceptors (Lipinski definition) is 1. The van der Waals surface area contributed by atoms with Crippen LogP contribution in [-0.2, 0) is 13.1 Å². The van der Waals surface area contributed by atoms with Crippen LogP contribution in [0.2, 0.25) is 5.02 Å². The third-order valence-corrected chi connectivity index (χ3v) is 4.07. The Morgan fingerprint density at radius 3 is 2.67 bits per heavy atom. The number of fused-ring (bicyclic) bond motifs is 1. The van der Waals surface area contributed by atoms with Crippen molar-refractivity contribution in [3.8, 4) is 0 Å². The predicted molar refractivity (Wildman–Crippen MR) is 89.7 cm³/mol. The summed E-state index contributed by atoms with van der Waals surface area (Å²) in [5.74, 6) is 0. The molecule has 1 aromatic heterocycles. The zero-order chi connectivity index (χ0) is 14.5. The largest absolute Gasteiger partial charge is 0.347 e. The van der Waals surface area contributed by atoms with Gasteiger partial charge in [-0.3, -0.25) is 0 Å². The molecule has 21 heavy (non-hydrogen) atoms. The highest BCUT2D eigenvalue weighted by Gasteiger charge is 2.00. The Kier molecular flexibility index (Phi) is 4.59. The summed E-state index contributed by atoms with van der Waals surface area (Å²) in [7, 11) is 0. The molecule has 0 aliphatic rings. The molecule has 0 unspecified atom stereocenters. The van der Waals surface area contributed by atoms with Crippen molar-refractivity contribution < 1.29 is 0 Å². The van der Waals surface area contributed by atoms with Crippen LogP contribution in [0, 0.1) is 0 Å². The number of halogens is 1. The summed E-state index contributed by atoms with van der Waals surface area (Å²) >= 11 is 6.14. The maximum Gasteiger partial charge on any atom is 0.0480 e. The van der Waals surface area contributed by atoms with E-state index in [1.165, 1.54) is 10.9 Å². The van der Waals surface area contributed by atoms with E-state index in [-0.39, 0.29) is 0 Å². The van der Waals surface area contributed by atoms with Gasteiger partial charge in [-0.1, -0.05) is 48.0 Å². The van der Waals surface area contributed by atoms with Gasteiger partial charge >= 0.3 is 0 Å². The van der Waals surface area contributed by atoms with Crippen molar-refractivity contribution in [2.75, 3.05) is 6.54 Å². The zero-order valence-electron chi connectivity index (χ0n) is 11.9. The van der Waals surface area contributed by atoms with E-state index >= 15 is 0 Å². The van der Waals surface area contributed by atoms with Crippen molar-refractivity contribution in [2.45, 2.75) is 19.5 Å². The average Bonchev–Trinajstić information content (AvgIpc) is 2.92. The molecule has 1 heterocycles. The number of aromatic nitrogens is 1. The van der Waals surface area contributed by atoms with Gasteiger partial charge in [0.2, 0.25) is 0 Å². The van der Waals surface area contributed by atoms with Crippen LogP contribution in [0.15, 0.2) is 60.8 Å². The predicted octanol–water partition coefficient (Wildman–Crippen LogP) is 4.47. The van der Waals surface area contributed by atoms with Crippen LogP contribution in [0.3, 0.4) is 0 Å². The summed E-state index contributed by atoms with van der Waals surface area (Å²) in [6.45, 7) is 2.84. The Morgan fingerprint density at radius 2 is 1.76 bits per heavy atom. The summed E-state index contributed by atoms with van der Waals surface area (Å²) in [6.07, 6.45) is 3.27. The second kappa shape index (κ2) is 6.79. The molecule has 1 N–H and O–H groups in total. The summed E-state index contributed by atoms with van der Waals surface area (Å²) in [5.41, 5.74) is 2.47. The number of aryl methyl sites for hydroxylation is 1. The molecule has 0 saturated carbocycles. The van der Waals surface area contributed by atoms with Crippen molar-refractivity contribution in [1.82, 2.24) is 9.88 Å². The van der Waals surface area contributed by atoms with Gasteiger partial charge in [0.1, 0.15) is 0 Å². The quantitative estimate of drug-likeness (QED) is 0.664. The first-order valence-corrected chi connectivity index (χ1v) is 7.70. The third-order valence-electron chi connectivity index (χ3n) is 3.71. The van der Waals surface area contributed by atoms with E-state index in [1.807, 2.05) is 18.2 Å². The van der Waals surface area contributed by atoms with Crippen molar-refractivity contribution in [1.29, 1.82) is 0 Å². The smallest absolute Gasteiger partial charge is 0.0480 e. The summed E-state index contributed by atoms with van der Waals surface area (Å²) in [4.78, 5) is 0. The van der Waals surface area contributed by atoms with Gasteiger partial charge < -0.3 is 9.88 Å². The molecular formula is C18H19ClN2. The average molecular weight is 299 g/mol. The highest BCUT2D eigenvalue weighted by molar-refractivity contribution is 6.31. The first kappa shape index (κ1) is 14.2. The molecule has 0 atom stereocenters. The van der Waals surface area contributed by atoms with Gasteiger partial charge in [0.05, 0.1) is 0 Å². The molecule has 3 aromatic rings. The molecule has 0 radical (unpaired) electrons. The van der Waals surface area contributed by atoms with Gasteiger partial charge in [-0.2, -0.15) is 0 Å². The molecule has 3 rings (SSSR count). The third kappa shape index (κ3) is 3.46. The Balaban J connectivity index is 1.47. The number of nitrogens with one attached hydrogen (secondary N) is 1. The first-order chi connectivity index (χ1) is 10.3. The number of rotatable bonds is 6. The summed E-state index contributed by atoms with van der Waals surface area (Å²) < 4.78 is 2.31. The molecule has 0 fully saturated rings. The lowest BCUT2D eigenvalue weighted by Gasteiger charge is -2.08. The normalized spacial score (nSPS) is 11.1. The van der Waals surface area contributed by atoms with E-state index in [9.17, 15) is 0 Å². The highest BCUT2D eigenvalue weighted by Crippen LogP contribution is 2.16. The number of para-hydroxylation sites is 1. The van der Waals surface area contributed by atoms with Crippen LogP contribution in [-0.4, -0.2) is 11.1 Å². The Labute approximate surface area is 130 Å². The zero-order valence-corrected chi connectivity index (χ0v) is 12.7. The van der Waals surface area contributed by atoms with Crippen LogP contribution in [0.4, 0.5) is 0 Å². The van der Waals surface area contributed by atoms with E-state index in [0.29, 0.717) is 0 Å². The fraction of sp³-hybridized carbons (Fsp3) is 0.222. The fourth-order valence-corrected chi connectivity index (χ4v) is 2.78. The van der Waals surface area contributed by atoms with Crippen LogP contribution in [0.1, 0.15) is 12.0 Å². The lowest BCUT2D eigenvalue weighted by atomic mass is 10.2. The Hall–Kier alpha value is -1.77. The van der Waals surface area contributed by atoms with Crippen LogP contribution in [0.5, 0.6) is 0 Å². The maximum absolute atomic E-state index is 6.14. The SMILES string of the molecule is Clc1ccccc1CNCCCn1ccc2ccccc21. The van der Waals surface area contributed by atoms with Crippen molar-refractivity contribution >= 4 is 22.5 Å². The number of benzene rings is 2. The van der Waals surface area contributed by atoms with E-state index in [4.69, 9.17) is 11.6 Å². The van der Waals surface area contributed by atoms with E-state index in [0.717, 1.165) is 36.6 Å². The molecule has 2 nitrogen and oxygen atoms in total. The minimum absolute atomic E-state index is 0.825. The standard InChI is InChI=1S/C18H19ClN2/c19-17-8-3-1-7-16(17)14-20-11-5-12-21-13-10-15-6-2-4-9-18(15)21/h1-4,6-10,13,20H,5,11-12,14H2. The van der Waals surface area contributed by atoms with Gasteiger partial charge in [0.25, 0.3) is 0 Å². The molecule has 0 aliphatic carbocycles. The molecule has 2 aromatic carbocycles. The van der Waals surface area contributed by atoms with Crippen molar-refractivity contribution in [3.05, 3.63) is 71.4 Å². The molecular weight excluding hydrogens is 280 g/mol. The summed E-state index contributed by atoms with van der Waals surface area (Å²) in [6, 6.07) is 18.7. The van der Waals surface area contributed by atoms with Gasteiger partial charge in [-0.05, 0) is 42.1 Å². The van der Waals surface area contributed by atoms with Crippen LogP contribution < -0.4 is 5.32 Å². The number of hydrogen-bond donors (Lipinski definition) is 1. The Morgan fingerprint density at radius 1 is 0.952 bits per heavy atom. The minimum Gasteiger partial charge on any atom is -0.347 e. The fourth-order valence-electron chi connectivity index (χ4n) is 2.57. The molecule has 0 bridgehead atoms. The van der Waals surface area contributed by atoms with Crippen molar-refractivity contribution in [3.63, 3.8) is 0 Å². The van der Waals surface area contributed by atoms with E-state index < -0.39 is 0 Å². The molecule has 0 amide bonds. The molecule has 0 saturated heterocycles. The van der Waals surface area contributed by atoms with Gasteiger partial charge in [0, 0.05) is 29.8 Å². The lowest BCUT2D eigenvalue weighted by Crippen LogP contribution is -2.16. The molecule has 0 spiro atoms. The minimum atomic E-state index is 0.825. The topological polar surface area (TPSA) is 17.0 Å². The first-order valence-electron chi connectivity index (χ1n) is 7.32. The van der Waals surface area contributed by atoms with Gasteiger partial charge in [-0.15, -0.1) is 0 Å².